The fourth-order valence-electron chi connectivity index (χ4n) is 2.47. The lowest BCUT2D eigenvalue weighted by molar-refractivity contribution is -0.143. The highest BCUT2D eigenvalue weighted by Crippen LogP contribution is 2.37. The first-order valence-corrected chi connectivity index (χ1v) is 9.71. The van der Waals surface area contributed by atoms with E-state index in [2.05, 4.69) is 4.72 Å². The van der Waals surface area contributed by atoms with Gasteiger partial charge < -0.3 is 0 Å². The summed E-state index contributed by atoms with van der Waals surface area (Å²) < 4.78 is 104. The van der Waals surface area contributed by atoms with Crippen LogP contribution in [0.1, 0.15) is 29.5 Å². The van der Waals surface area contributed by atoms with E-state index in [0.717, 1.165) is 5.56 Å². The summed E-state index contributed by atoms with van der Waals surface area (Å²) in [6.45, 7) is -0.104. The van der Waals surface area contributed by atoms with Crippen LogP contribution in [0.4, 0.5) is 26.3 Å². The van der Waals surface area contributed by atoms with Gasteiger partial charge in [-0.2, -0.15) is 26.3 Å². The van der Waals surface area contributed by atoms with Crippen molar-refractivity contribution in [3.8, 4) is 0 Å². The second-order valence-electron chi connectivity index (χ2n) is 6.08. The molecule has 0 aliphatic carbocycles. The van der Waals surface area contributed by atoms with Crippen molar-refractivity contribution in [2.45, 2.75) is 36.5 Å². The zero-order chi connectivity index (χ0) is 21.0. The maximum Gasteiger partial charge on any atom is 0.416 e. The van der Waals surface area contributed by atoms with Crippen LogP contribution in [-0.4, -0.2) is 15.0 Å². The number of halogens is 6. The molecule has 0 bridgehead atoms. The molecule has 0 aromatic heterocycles. The molecule has 10 heteroatoms. The summed E-state index contributed by atoms with van der Waals surface area (Å²) in [6, 6.07) is 9.62. The number of unbranched alkanes of at least 4 members (excludes halogenated alkanes) is 1. The molecule has 28 heavy (non-hydrogen) atoms. The fraction of sp³-hybridized carbons (Fsp3) is 0.333. The Balaban J connectivity index is 2.09. The van der Waals surface area contributed by atoms with E-state index < -0.39 is 38.4 Å². The van der Waals surface area contributed by atoms with Crippen LogP contribution in [0, 0.1) is 0 Å². The Morgan fingerprint density at radius 2 is 1.32 bits per heavy atom. The number of aryl methyl sites for hydroxylation is 1. The third-order valence-corrected chi connectivity index (χ3v) is 5.34. The number of rotatable bonds is 7. The van der Waals surface area contributed by atoms with Crippen LogP contribution in [0.25, 0.3) is 0 Å². The maximum absolute atomic E-state index is 12.9. The fourth-order valence-corrected chi connectivity index (χ4v) is 3.61. The summed E-state index contributed by atoms with van der Waals surface area (Å²) in [7, 11) is -4.52. The van der Waals surface area contributed by atoms with Crippen LogP contribution in [0.15, 0.2) is 53.4 Å². The lowest BCUT2D eigenvalue weighted by atomic mass is 10.1. The summed E-state index contributed by atoms with van der Waals surface area (Å²) in [5, 5.41) is 0. The van der Waals surface area contributed by atoms with E-state index in [1.807, 2.05) is 30.3 Å². The Kier molecular flexibility index (Phi) is 6.76. The number of benzene rings is 2. The van der Waals surface area contributed by atoms with Gasteiger partial charge in [0.1, 0.15) is 0 Å². The van der Waals surface area contributed by atoms with Crippen molar-refractivity contribution in [1.29, 1.82) is 0 Å². The van der Waals surface area contributed by atoms with Crippen molar-refractivity contribution in [1.82, 2.24) is 4.72 Å². The molecule has 2 aromatic carbocycles. The van der Waals surface area contributed by atoms with E-state index in [4.69, 9.17) is 0 Å². The smallest absolute Gasteiger partial charge is 0.211 e. The Hall–Kier alpha value is -2.07. The highest BCUT2D eigenvalue weighted by Gasteiger charge is 2.38. The standard InChI is InChI=1S/C18H17F6NO2S/c19-17(20,21)14-10-15(18(22,23)24)12-16(11-14)28(26,27)25-9-5-4-8-13-6-2-1-3-7-13/h1-3,6-7,10-12,25H,4-5,8-9H2. The summed E-state index contributed by atoms with van der Waals surface area (Å²) >= 11 is 0. The summed E-state index contributed by atoms with van der Waals surface area (Å²) in [6.07, 6.45) is -8.57. The van der Waals surface area contributed by atoms with Gasteiger partial charge in [-0.25, -0.2) is 13.1 Å². The molecule has 0 atom stereocenters. The molecule has 0 amide bonds. The van der Waals surface area contributed by atoms with Crippen molar-refractivity contribution in [3.63, 3.8) is 0 Å². The molecule has 0 aliphatic rings. The van der Waals surface area contributed by atoms with Crippen molar-refractivity contribution in [2.75, 3.05) is 6.54 Å². The highest BCUT2D eigenvalue weighted by atomic mass is 32.2. The highest BCUT2D eigenvalue weighted by molar-refractivity contribution is 7.89. The summed E-state index contributed by atoms with van der Waals surface area (Å²) in [5.74, 6) is 0. The van der Waals surface area contributed by atoms with Crippen LogP contribution in [0.5, 0.6) is 0 Å². The Morgan fingerprint density at radius 1 is 0.786 bits per heavy atom. The SMILES string of the molecule is O=S(=O)(NCCCCc1ccccc1)c1cc(C(F)(F)F)cc(C(F)(F)F)c1. The lowest BCUT2D eigenvalue weighted by Crippen LogP contribution is -2.26. The van der Waals surface area contributed by atoms with E-state index in [1.54, 1.807) is 0 Å². The predicted octanol–water partition coefficient (Wildman–Crippen LogP) is 5.03. The Bertz CT molecular complexity index is 860. The monoisotopic (exact) mass is 425 g/mol. The van der Waals surface area contributed by atoms with Gasteiger partial charge in [0, 0.05) is 6.54 Å². The second kappa shape index (κ2) is 8.52. The molecule has 0 unspecified atom stereocenters. The number of sulfonamides is 1. The molecular formula is C18H17F6NO2S. The van der Waals surface area contributed by atoms with Gasteiger partial charge in [-0.1, -0.05) is 30.3 Å². The van der Waals surface area contributed by atoms with E-state index >= 15 is 0 Å². The Labute approximate surface area is 158 Å². The van der Waals surface area contributed by atoms with Gasteiger partial charge in [0.15, 0.2) is 0 Å². The zero-order valence-corrected chi connectivity index (χ0v) is 15.3. The molecule has 0 aliphatic heterocycles. The van der Waals surface area contributed by atoms with E-state index in [9.17, 15) is 34.8 Å². The average Bonchev–Trinajstić information content (AvgIpc) is 2.60. The number of alkyl halides is 6. The first kappa shape index (κ1) is 22.2. The minimum absolute atomic E-state index is 0.104. The molecule has 1 N–H and O–H groups in total. The second-order valence-corrected chi connectivity index (χ2v) is 7.85. The van der Waals surface area contributed by atoms with Crippen LogP contribution in [0.3, 0.4) is 0 Å². The molecule has 0 heterocycles. The summed E-state index contributed by atoms with van der Waals surface area (Å²) in [4.78, 5) is -1.07. The normalized spacial score (nSPS) is 12.9. The molecule has 0 saturated carbocycles. The van der Waals surface area contributed by atoms with Gasteiger partial charge in [0.05, 0.1) is 16.0 Å². The third kappa shape index (κ3) is 6.23. The molecule has 0 fully saturated rings. The van der Waals surface area contributed by atoms with E-state index in [-0.39, 0.29) is 24.7 Å². The minimum Gasteiger partial charge on any atom is -0.211 e. The third-order valence-electron chi connectivity index (χ3n) is 3.90. The molecule has 0 saturated heterocycles. The van der Waals surface area contributed by atoms with Gasteiger partial charge in [-0.05, 0) is 43.0 Å². The average molecular weight is 425 g/mol. The minimum atomic E-state index is -5.11. The predicted molar refractivity (Wildman–Crippen MR) is 91.0 cm³/mol. The molecule has 0 spiro atoms. The first-order valence-electron chi connectivity index (χ1n) is 8.23. The maximum atomic E-state index is 12.9. The molecule has 154 valence electrons. The van der Waals surface area contributed by atoms with Crippen molar-refractivity contribution in [2.24, 2.45) is 0 Å². The quantitative estimate of drug-likeness (QED) is 0.500. The number of hydrogen-bond donors (Lipinski definition) is 1. The zero-order valence-electron chi connectivity index (χ0n) is 14.4. The van der Waals surface area contributed by atoms with Gasteiger partial charge in [-0.3, -0.25) is 0 Å². The van der Waals surface area contributed by atoms with Crippen LogP contribution in [-0.2, 0) is 28.8 Å². The molecule has 2 aromatic rings. The van der Waals surface area contributed by atoms with Crippen molar-refractivity contribution >= 4 is 10.0 Å². The van der Waals surface area contributed by atoms with Crippen LogP contribution in [0.2, 0.25) is 0 Å². The van der Waals surface area contributed by atoms with Gasteiger partial charge in [0.2, 0.25) is 10.0 Å². The van der Waals surface area contributed by atoms with Gasteiger partial charge >= 0.3 is 12.4 Å². The molecule has 2 rings (SSSR count). The lowest BCUT2D eigenvalue weighted by Gasteiger charge is -2.14. The van der Waals surface area contributed by atoms with Crippen molar-refractivity contribution in [3.05, 3.63) is 65.2 Å². The van der Waals surface area contributed by atoms with Crippen molar-refractivity contribution < 1.29 is 34.8 Å². The topological polar surface area (TPSA) is 46.2 Å². The molecule has 3 nitrogen and oxygen atoms in total. The first-order chi connectivity index (χ1) is 12.9. The molecular weight excluding hydrogens is 408 g/mol. The van der Waals surface area contributed by atoms with E-state index in [0.29, 0.717) is 19.3 Å². The van der Waals surface area contributed by atoms with Gasteiger partial charge in [0.25, 0.3) is 0 Å². The van der Waals surface area contributed by atoms with Crippen LogP contribution >= 0.6 is 0 Å². The van der Waals surface area contributed by atoms with Crippen LogP contribution < -0.4 is 4.72 Å². The Morgan fingerprint density at radius 3 is 1.82 bits per heavy atom. The summed E-state index contributed by atoms with van der Waals surface area (Å²) in [5.41, 5.74) is -2.31. The van der Waals surface area contributed by atoms with Gasteiger partial charge in [-0.15, -0.1) is 0 Å². The molecule has 0 radical (unpaired) electrons. The largest absolute Gasteiger partial charge is 0.416 e. The number of nitrogens with one attached hydrogen (secondary N) is 1. The van der Waals surface area contributed by atoms with E-state index in [1.165, 1.54) is 0 Å². The number of hydrogen-bond acceptors (Lipinski definition) is 2.